The van der Waals surface area contributed by atoms with E-state index in [1.54, 1.807) is 13.8 Å². The lowest BCUT2D eigenvalue weighted by atomic mass is 10.1. The zero-order valence-corrected chi connectivity index (χ0v) is 11.9. The van der Waals surface area contributed by atoms with Gasteiger partial charge >= 0.3 is 5.97 Å². The summed E-state index contributed by atoms with van der Waals surface area (Å²) < 4.78 is 16.0. The molecule has 0 spiro atoms. The Morgan fingerprint density at radius 2 is 1.76 bits per heavy atom. The van der Waals surface area contributed by atoms with Gasteiger partial charge in [-0.3, -0.25) is 0 Å². The Hall–Kier alpha value is -0.610. The van der Waals surface area contributed by atoms with E-state index in [4.69, 9.17) is 14.2 Å². The predicted molar refractivity (Wildman–Crippen MR) is 67.0 cm³/mol. The van der Waals surface area contributed by atoms with Crippen molar-refractivity contribution >= 4 is 5.97 Å². The topological polar surface area (TPSA) is 44.8 Å². The van der Waals surface area contributed by atoms with Crippen LogP contribution in [0.5, 0.6) is 0 Å². The number of carbonyl (C=O) groups is 1. The van der Waals surface area contributed by atoms with E-state index in [0.717, 1.165) is 6.42 Å². The summed E-state index contributed by atoms with van der Waals surface area (Å²) >= 11 is 0. The first-order chi connectivity index (χ1) is 7.79. The molecule has 17 heavy (non-hydrogen) atoms. The molecule has 1 atom stereocenters. The fraction of sp³-hybridized carbons (Fsp3) is 0.923. The molecule has 0 saturated carbocycles. The average Bonchev–Trinajstić information content (AvgIpc) is 2.21. The first-order valence-electron chi connectivity index (χ1n) is 6.26. The van der Waals surface area contributed by atoms with Crippen LogP contribution < -0.4 is 0 Å². The third kappa shape index (κ3) is 7.34. The van der Waals surface area contributed by atoms with E-state index in [1.807, 2.05) is 20.8 Å². The van der Waals surface area contributed by atoms with Crippen molar-refractivity contribution in [3.63, 3.8) is 0 Å². The molecule has 1 unspecified atom stereocenters. The second-order valence-electron chi connectivity index (χ2n) is 4.90. The minimum absolute atomic E-state index is 0.00564. The minimum Gasteiger partial charge on any atom is -0.461 e. The van der Waals surface area contributed by atoms with Gasteiger partial charge in [-0.2, -0.15) is 0 Å². The van der Waals surface area contributed by atoms with Gasteiger partial charge in [-0.1, -0.05) is 6.92 Å². The standard InChI is InChI=1S/C13H26O4/c1-7-11(4)15-8-9-16-12(14)13(5,6)17-10(2)3/h10-11H,7-9H2,1-6H3. The number of hydrogen-bond donors (Lipinski definition) is 0. The summed E-state index contributed by atoms with van der Waals surface area (Å²) in [5, 5.41) is 0. The van der Waals surface area contributed by atoms with Crippen molar-refractivity contribution in [2.24, 2.45) is 0 Å². The van der Waals surface area contributed by atoms with Crippen LogP contribution in [0.15, 0.2) is 0 Å². The van der Waals surface area contributed by atoms with Crippen molar-refractivity contribution in [2.75, 3.05) is 13.2 Å². The molecule has 0 rings (SSSR count). The maximum Gasteiger partial charge on any atom is 0.337 e. The van der Waals surface area contributed by atoms with E-state index in [0.29, 0.717) is 6.61 Å². The first kappa shape index (κ1) is 16.4. The highest BCUT2D eigenvalue weighted by Crippen LogP contribution is 2.14. The lowest BCUT2D eigenvalue weighted by Gasteiger charge is -2.25. The maximum absolute atomic E-state index is 11.7. The van der Waals surface area contributed by atoms with Crippen LogP contribution in [-0.4, -0.2) is 37.0 Å². The van der Waals surface area contributed by atoms with Crippen LogP contribution in [0.3, 0.4) is 0 Å². The first-order valence-corrected chi connectivity index (χ1v) is 6.26. The van der Waals surface area contributed by atoms with Gasteiger partial charge in [0.05, 0.1) is 18.8 Å². The lowest BCUT2D eigenvalue weighted by Crippen LogP contribution is -2.39. The number of rotatable bonds is 8. The highest BCUT2D eigenvalue weighted by atomic mass is 16.6. The summed E-state index contributed by atoms with van der Waals surface area (Å²) in [6.07, 6.45) is 1.15. The zero-order valence-electron chi connectivity index (χ0n) is 11.9. The summed E-state index contributed by atoms with van der Waals surface area (Å²) in [4.78, 5) is 11.7. The molecule has 4 nitrogen and oxygen atoms in total. The lowest BCUT2D eigenvalue weighted by molar-refractivity contribution is -0.174. The smallest absolute Gasteiger partial charge is 0.337 e. The van der Waals surface area contributed by atoms with Gasteiger partial charge < -0.3 is 14.2 Å². The predicted octanol–water partition coefficient (Wildman–Crippen LogP) is 2.55. The van der Waals surface area contributed by atoms with Crippen molar-refractivity contribution in [1.29, 1.82) is 0 Å². The molecule has 0 N–H and O–H groups in total. The molecule has 0 aromatic rings. The fourth-order valence-corrected chi connectivity index (χ4v) is 1.31. The van der Waals surface area contributed by atoms with Gasteiger partial charge in [-0.25, -0.2) is 4.79 Å². The molecular formula is C13H26O4. The summed E-state index contributed by atoms with van der Waals surface area (Å²) in [5.41, 5.74) is -0.898. The monoisotopic (exact) mass is 246 g/mol. The Morgan fingerprint density at radius 1 is 1.18 bits per heavy atom. The summed E-state index contributed by atoms with van der Waals surface area (Å²) in [5.74, 6) is -0.348. The maximum atomic E-state index is 11.7. The van der Waals surface area contributed by atoms with E-state index in [1.165, 1.54) is 0 Å². The molecule has 0 aromatic carbocycles. The van der Waals surface area contributed by atoms with E-state index in [2.05, 4.69) is 6.92 Å². The van der Waals surface area contributed by atoms with Crippen LogP contribution >= 0.6 is 0 Å². The molecule has 0 heterocycles. The van der Waals surface area contributed by atoms with Gasteiger partial charge in [-0.05, 0) is 41.0 Å². The van der Waals surface area contributed by atoms with Crippen LogP contribution in [0.2, 0.25) is 0 Å². The third-order valence-electron chi connectivity index (χ3n) is 2.32. The molecule has 0 bridgehead atoms. The molecule has 102 valence electrons. The number of hydrogen-bond acceptors (Lipinski definition) is 4. The second kappa shape index (κ2) is 7.67. The molecule has 0 aliphatic heterocycles. The molecule has 0 fully saturated rings. The van der Waals surface area contributed by atoms with Gasteiger partial charge in [-0.15, -0.1) is 0 Å². The van der Waals surface area contributed by atoms with Crippen molar-refractivity contribution < 1.29 is 19.0 Å². The van der Waals surface area contributed by atoms with E-state index in [9.17, 15) is 4.79 Å². The largest absolute Gasteiger partial charge is 0.461 e. The molecule has 0 amide bonds. The summed E-state index contributed by atoms with van der Waals surface area (Å²) in [7, 11) is 0. The minimum atomic E-state index is -0.898. The van der Waals surface area contributed by atoms with Crippen molar-refractivity contribution in [3.05, 3.63) is 0 Å². The Bertz CT molecular complexity index is 223. The molecule has 0 aliphatic carbocycles. The SMILES string of the molecule is CCC(C)OCCOC(=O)C(C)(C)OC(C)C. The number of carbonyl (C=O) groups excluding carboxylic acids is 1. The van der Waals surface area contributed by atoms with Gasteiger partial charge in [0.2, 0.25) is 0 Å². The fourth-order valence-electron chi connectivity index (χ4n) is 1.31. The molecule has 0 aromatic heterocycles. The average molecular weight is 246 g/mol. The van der Waals surface area contributed by atoms with Crippen LogP contribution in [0.4, 0.5) is 0 Å². The normalized spacial score (nSPS) is 13.8. The van der Waals surface area contributed by atoms with E-state index < -0.39 is 5.60 Å². The van der Waals surface area contributed by atoms with Crippen LogP contribution in [0.25, 0.3) is 0 Å². The van der Waals surface area contributed by atoms with E-state index in [-0.39, 0.29) is 24.8 Å². The Balaban J connectivity index is 3.85. The van der Waals surface area contributed by atoms with E-state index >= 15 is 0 Å². The number of esters is 1. The molecule has 0 saturated heterocycles. The van der Waals surface area contributed by atoms with Crippen molar-refractivity contribution in [2.45, 2.75) is 65.8 Å². The van der Waals surface area contributed by atoms with Gasteiger partial charge in [0.15, 0.2) is 5.60 Å². The van der Waals surface area contributed by atoms with Gasteiger partial charge in [0.25, 0.3) is 0 Å². The highest BCUT2D eigenvalue weighted by Gasteiger charge is 2.31. The zero-order chi connectivity index (χ0) is 13.5. The van der Waals surface area contributed by atoms with Gasteiger partial charge in [0.1, 0.15) is 6.61 Å². The van der Waals surface area contributed by atoms with Gasteiger partial charge in [0, 0.05) is 0 Å². The third-order valence-corrected chi connectivity index (χ3v) is 2.32. The number of ether oxygens (including phenoxy) is 3. The second-order valence-corrected chi connectivity index (χ2v) is 4.90. The molecule has 4 heteroatoms. The van der Waals surface area contributed by atoms with Crippen LogP contribution in [0, 0.1) is 0 Å². The quantitative estimate of drug-likeness (QED) is 0.487. The van der Waals surface area contributed by atoms with Crippen LogP contribution in [-0.2, 0) is 19.0 Å². The van der Waals surface area contributed by atoms with Crippen LogP contribution in [0.1, 0.15) is 48.0 Å². The molecule has 0 radical (unpaired) electrons. The highest BCUT2D eigenvalue weighted by molar-refractivity contribution is 5.78. The van der Waals surface area contributed by atoms with Crippen molar-refractivity contribution in [3.8, 4) is 0 Å². The summed E-state index contributed by atoms with van der Waals surface area (Å²) in [6, 6.07) is 0. The Morgan fingerprint density at radius 3 is 2.24 bits per heavy atom. The summed E-state index contributed by atoms with van der Waals surface area (Å²) in [6.45, 7) is 12.0. The molecule has 0 aliphatic rings. The Labute approximate surface area is 105 Å². The Kier molecular flexibility index (Phi) is 7.39. The van der Waals surface area contributed by atoms with Crippen molar-refractivity contribution in [1.82, 2.24) is 0 Å². The molecular weight excluding hydrogens is 220 g/mol.